The molecule has 5 heteroatoms. The number of hydrogen-bond acceptors (Lipinski definition) is 3. The van der Waals surface area contributed by atoms with E-state index < -0.39 is 11.9 Å². The van der Waals surface area contributed by atoms with Gasteiger partial charge in [-0.05, 0) is 37.4 Å². The summed E-state index contributed by atoms with van der Waals surface area (Å²) >= 11 is 0. The highest BCUT2D eigenvalue weighted by Crippen LogP contribution is 2.65. The average Bonchev–Trinajstić information content (AvgIpc) is 3.19. The van der Waals surface area contributed by atoms with Gasteiger partial charge in [0.15, 0.2) is 0 Å². The number of carbonyl (C=O) groups excluding carboxylic acids is 1. The predicted octanol–water partition coefficient (Wildman–Crippen LogP) is 2.80. The van der Waals surface area contributed by atoms with Crippen molar-refractivity contribution in [1.82, 2.24) is 4.90 Å². The molecule has 1 spiro atoms. The first-order chi connectivity index (χ1) is 13.0. The number of carboxylic acid groups (broad SMARTS) is 1. The molecule has 1 N–H and O–H groups in total. The number of hydrogen-bond donors (Lipinski definition) is 1. The van der Waals surface area contributed by atoms with Crippen molar-refractivity contribution in [2.45, 2.75) is 50.6 Å². The van der Waals surface area contributed by atoms with E-state index in [9.17, 15) is 14.7 Å². The van der Waals surface area contributed by atoms with Crippen LogP contribution in [0.4, 0.5) is 5.69 Å². The van der Waals surface area contributed by atoms with Gasteiger partial charge in [0.25, 0.3) is 0 Å². The van der Waals surface area contributed by atoms with Gasteiger partial charge in [-0.25, -0.2) is 0 Å². The molecule has 4 aliphatic rings. The zero-order valence-electron chi connectivity index (χ0n) is 15.9. The number of amides is 1. The summed E-state index contributed by atoms with van der Waals surface area (Å²) in [6, 6.07) is 8.08. The molecule has 1 saturated heterocycles. The second-order valence-corrected chi connectivity index (χ2v) is 8.68. The van der Waals surface area contributed by atoms with E-state index in [1.807, 2.05) is 23.1 Å². The summed E-state index contributed by atoms with van der Waals surface area (Å²) in [5.41, 5.74) is 1.65. The number of aliphatic carboxylic acids is 1. The van der Waals surface area contributed by atoms with Crippen molar-refractivity contribution >= 4 is 17.6 Å². The number of carbonyl (C=O) groups is 2. The van der Waals surface area contributed by atoms with Gasteiger partial charge in [0.2, 0.25) is 5.91 Å². The summed E-state index contributed by atoms with van der Waals surface area (Å²) in [4.78, 5) is 29.5. The molecule has 1 saturated carbocycles. The second-order valence-electron chi connectivity index (χ2n) is 8.68. The number of para-hydroxylation sites is 1. The molecule has 1 aromatic rings. The highest BCUT2D eigenvalue weighted by Gasteiger charge is 2.71. The number of anilines is 1. The molecule has 1 amide bonds. The standard InChI is InChI=1S/C22H26N2O3/c1-3-21-9-6-11-23-12-10-22(20(21)23)16-7-4-5-8-17(16)24(14(2)25)18(22)15(13-21)19(26)27/h4-9,15,18,20H,3,10-13H2,1-2H3,(H,26,27)/t15-,18-,20-,21-,22+/m0/s1. The van der Waals surface area contributed by atoms with E-state index in [4.69, 9.17) is 0 Å². The van der Waals surface area contributed by atoms with Crippen LogP contribution in [0.3, 0.4) is 0 Å². The van der Waals surface area contributed by atoms with Crippen molar-refractivity contribution in [1.29, 1.82) is 0 Å². The van der Waals surface area contributed by atoms with Crippen molar-refractivity contribution in [3.8, 4) is 0 Å². The SMILES string of the molecule is CC[C@]12C=CCN3CC[C@]4(c5ccccc5N(C(C)=O)[C@H]4[C@@H](C(=O)O)C1)[C@@H]32. The summed E-state index contributed by atoms with van der Waals surface area (Å²) in [6.07, 6.45) is 6.95. The van der Waals surface area contributed by atoms with Crippen molar-refractivity contribution in [3.63, 3.8) is 0 Å². The fourth-order valence-corrected chi connectivity index (χ4v) is 7.00. The molecule has 1 aliphatic carbocycles. The third-order valence-corrected chi connectivity index (χ3v) is 7.77. The van der Waals surface area contributed by atoms with Gasteiger partial charge in [0.1, 0.15) is 0 Å². The molecular formula is C22H26N2O3. The third kappa shape index (κ3) is 1.88. The van der Waals surface area contributed by atoms with E-state index in [2.05, 4.69) is 30.0 Å². The summed E-state index contributed by atoms with van der Waals surface area (Å²) in [5.74, 6) is -1.38. The number of fused-ring (bicyclic) bond motifs is 1. The molecule has 5 atom stereocenters. The lowest BCUT2D eigenvalue weighted by atomic mass is 9.50. The first-order valence-corrected chi connectivity index (χ1v) is 10.00. The first kappa shape index (κ1) is 17.0. The minimum atomic E-state index is -0.776. The number of carboxylic acids is 1. The van der Waals surface area contributed by atoms with Crippen LogP contribution in [0.1, 0.15) is 38.7 Å². The molecule has 1 aromatic carbocycles. The molecule has 0 unspecified atom stereocenters. The van der Waals surface area contributed by atoms with Crippen LogP contribution in [0, 0.1) is 11.3 Å². The van der Waals surface area contributed by atoms with Crippen LogP contribution >= 0.6 is 0 Å². The molecule has 27 heavy (non-hydrogen) atoms. The minimum absolute atomic E-state index is 0.0515. The third-order valence-electron chi connectivity index (χ3n) is 7.77. The van der Waals surface area contributed by atoms with Crippen molar-refractivity contribution in [3.05, 3.63) is 42.0 Å². The Hall–Kier alpha value is -2.14. The minimum Gasteiger partial charge on any atom is -0.481 e. The van der Waals surface area contributed by atoms with Gasteiger partial charge in [-0.15, -0.1) is 0 Å². The largest absolute Gasteiger partial charge is 0.481 e. The summed E-state index contributed by atoms with van der Waals surface area (Å²) in [7, 11) is 0. The van der Waals surface area contributed by atoms with Gasteiger partial charge in [0.05, 0.1) is 12.0 Å². The summed E-state index contributed by atoms with van der Waals surface area (Å²) < 4.78 is 0. The Balaban J connectivity index is 1.83. The first-order valence-electron chi connectivity index (χ1n) is 10.00. The molecule has 142 valence electrons. The number of nitrogens with zero attached hydrogens (tertiary/aromatic N) is 2. The Morgan fingerprint density at radius 3 is 2.78 bits per heavy atom. The van der Waals surface area contributed by atoms with Crippen LogP contribution in [0.5, 0.6) is 0 Å². The Morgan fingerprint density at radius 2 is 2.07 bits per heavy atom. The Morgan fingerprint density at radius 1 is 1.30 bits per heavy atom. The lowest BCUT2D eigenvalue weighted by Gasteiger charge is -2.58. The number of benzene rings is 1. The summed E-state index contributed by atoms with van der Waals surface area (Å²) in [6.45, 7) is 5.63. The summed E-state index contributed by atoms with van der Waals surface area (Å²) in [5, 5.41) is 10.2. The van der Waals surface area contributed by atoms with Gasteiger partial charge in [-0.3, -0.25) is 14.5 Å². The van der Waals surface area contributed by atoms with Gasteiger partial charge in [-0.1, -0.05) is 37.3 Å². The molecular weight excluding hydrogens is 340 g/mol. The van der Waals surface area contributed by atoms with Crippen molar-refractivity contribution < 1.29 is 14.7 Å². The topological polar surface area (TPSA) is 60.9 Å². The predicted molar refractivity (Wildman–Crippen MR) is 103 cm³/mol. The molecule has 3 heterocycles. The van der Waals surface area contributed by atoms with Crippen LogP contribution in [0.25, 0.3) is 0 Å². The van der Waals surface area contributed by atoms with Crippen molar-refractivity contribution in [2.75, 3.05) is 18.0 Å². The van der Waals surface area contributed by atoms with Crippen LogP contribution in [-0.2, 0) is 15.0 Å². The Kier molecular flexibility index (Phi) is 3.43. The fraction of sp³-hybridized carbons (Fsp3) is 0.545. The van der Waals surface area contributed by atoms with E-state index in [-0.39, 0.29) is 28.8 Å². The van der Waals surface area contributed by atoms with Crippen LogP contribution < -0.4 is 4.90 Å². The maximum absolute atomic E-state index is 12.7. The smallest absolute Gasteiger partial charge is 0.308 e. The highest BCUT2D eigenvalue weighted by molar-refractivity contribution is 5.97. The quantitative estimate of drug-likeness (QED) is 0.818. The molecule has 5 rings (SSSR count). The van der Waals surface area contributed by atoms with Crippen LogP contribution in [-0.4, -0.2) is 47.1 Å². The maximum Gasteiger partial charge on any atom is 0.308 e. The highest BCUT2D eigenvalue weighted by atomic mass is 16.4. The van der Waals surface area contributed by atoms with Gasteiger partial charge >= 0.3 is 5.97 Å². The monoisotopic (exact) mass is 366 g/mol. The van der Waals surface area contributed by atoms with E-state index in [1.165, 1.54) is 5.56 Å². The van der Waals surface area contributed by atoms with E-state index in [0.29, 0.717) is 6.42 Å². The van der Waals surface area contributed by atoms with Gasteiger partial charge < -0.3 is 10.0 Å². The molecule has 5 nitrogen and oxygen atoms in total. The Bertz CT molecular complexity index is 865. The second kappa shape index (κ2) is 5.44. The average molecular weight is 366 g/mol. The molecule has 0 radical (unpaired) electrons. The normalized spacial score (nSPS) is 39.0. The van der Waals surface area contributed by atoms with E-state index in [0.717, 1.165) is 31.6 Å². The van der Waals surface area contributed by atoms with Gasteiger partial charge in [0, 0.05) is 36.0 Å². The fourth-order valence-electron chi connectivity index (χ4n) is 7.00. The zero-order valence-corrected chi connectivity index (χ0v) is 15.9. The zero-order chi connectivity index (χ0) is 19.0. The van der Waals surface area contributed by atoms with E-state index >= 15 is 0 Å². The number of rotatable bonds is 2. The lowest BCUT2D eigenvalue weighted by Crippen LogP contribution is -2.68. The van der Waals surface area contributed by atoms with E-state index in [1.54, 1.807) is 6.92 Å². The Labute approximate surface area is 159 Å². The van der Waals surface area contributed by atoms with Crippen LogP contribution in [0.2, 0.25) is 0 Å². The molecule has 3 aliphatic heterocycles. The van der Waals surface area contributed by atoms with Crippen molar-refractivity contribution in [2.24, 2.45) is 11.3 Å². The maximum atomic E-state index is 12.7. The van der Waals surface area contributed by atoms with Crippen LogP contribution in [0.15, 0.2) is 36.4 Å². The molecule has 0 aromatic heterocycles. The van der Waals surface area contributed by atoms with Gasteiger partial charge in [-0.2, -0.15) is 0 Å². The molecule has 2 fully saturated rings. The lowest BCUT2D eigenvalue weighted by molar-refractivity contribution is -0.148. The molecule has 0 bridgehead atoms.